The minimum absolute atomic E-state index is 0.363. The Morgan fingerprint density at radius 3 is 2.41 bits per heavy atom. The van der Waals surface area contributed by atoms with Crippen molar-refractivity contribution in [3.63, 3.8) is 0 Å². The van der Waals surface area contributed by atoms with E-state index < -0.39 is 11.7 Å². The number of benzene rings is 1. The van der Waals surface area contributed by atoms with Crippen LogP contribution in [0.5, 0.6) is 0 Å². The second-order valence-electron chi connectivity index (χ2n) is 4.21. The molecule has 0 aliphatic rings. The lowest BCUT2D eigenvalue weighted by Gasteiger charge is -2.14. The average molecular weight is 310 g/mol. The minimum Gasteiger partial charge on any atom is -0.309 e. The van der Waals surface area contributed by atoms with E-state index in [0.29, 0.717) is 16.5 Å². The highest BCUT2D eigenvalue weighted by molar-refractivity contribution is 9.10. The van der Waals surface area contributed by atoms with E-state index in [9.17, 15) is 13.2 Å². The third-order valence-corrected chi connectivity index (χ3v) is 2.92. The van der Waals surface area contributed by atoms with Crippen LogP contribution in [0.2, 0.25) is 0 Å². The molecular weight excluding hydrogens is 295 g/mol. The molecule has 0 saturated carbocycles. The molecule has 96 valence electrons. The fourth-order valence-electron chi connectivity index (χ4n) is 1.62. The van der Waals surface area contributed by atoms with Crippen molar-refractivity contribution in [3.8, 4) is 0 Å². The minimum atomic E-state index is -4.28. The van der Waals surface area contributed by atoms with E-state index in [-0.39, 0.29) is 0 Å². The van der Waals surface area contributed by atoms with Crippen LogP contribution in [-0.4, -0.2) is 25.5 Å². The van der Waals surface area contributed by atoms with Crippen LogP contribution in [0.3, 0.4) is 0 Å². The summed E-state index contributed by atoms with van der Waals surface area (Å²) in [6.45, 7) is 0.785. The van der Waals surface area contributed by atoms with Crippen molar-refractivity contribution in [1.29, 1.82) is 0 Å². The summed E-state index contributed by atoms with van der Waals surface area (Å²) >= 11 is 3.07. The summed E-state index contributed by atoms with van der Waals surface area (Å²) in [6, 6.07) is 4.34. The van der Waals surface area contributed by atoms with E-state index in [4.69, 9.17) is 0 Å². The Morgan fingerprint density at radius 2 is 1.88 bits per heavy atom. The van der Waals surface area contributed by atoms with Gasteiger partial charge in [0, 0.05) is 4.47 Å². The maximum absolute atomic E-state index is 12.8. The summed E-state index contributed by atoms with van der Waals surface area (Å²) in [4.78, 5) is 1.96. The van der Waals surface area contributed by atoms with Gasteiger partial charge in [-0.15, -0.1) is 0 Å². The standard InChI is InChI=1S/C12H15BrF3N/c1-17(2)7-3-4-9-5-6-10(13)8-11(9)12(14,15)16/h5-6,8H,3-4,7H2,1-2H3. The second kappa shape index (κ2) is 5.87. The Bertz CT molecular complexity index is 375. The number of rotatable bonds is 4. The first-order chi connectivity index (χ1) is 7.80. The van der Waals surface area contributed by atoms with Crippen molar-refractivity contribution < 1.29 is 13.2 Å². The van der Waals surface area contributed by atoms with Crippen molar-refractivity contribution in [1.82, 2.24) is 4.90 Å². The molecule has 0 bridgehead atoms. The summed E-state index contributed by atoms with van der Waals surface area (Å²) in [5, 5.41) is 0. The van der Waals surface area contributed by atoms with E-state index in [1.54, 1.807) is 12.1 Å². The number of halogens is 4. The van der Waals surface area contributed by atoms with E-state index >= 15 is 0 Å². The largest absolute Gasteiger partial charge is 0.416 e. The van der Waals surface area contributed by atoms with Gasteiger partial charge in [-0.2, -0.15) is 13.2 Å². The SMILES string of the molecule is CN(C)CCCc1ccc(Br)cc1C(F)(F)F. The molecule has 0 aliphatic carbocycles. The number of hydrogen-bond donors (Lipinski definition) is 0. The van der Waals surface area contributed by atoms with Crippen LogP contribution < -0.4 is 0 Å². The van der Waals surface area contributed by atoms with Crippen molar-refractivity contribution in [3.05, 3.63) is 33.8 Å². The van der Waals surface area contributed by atoms with Crippen LogP contribution in [0, 0.1) is 0 Å². The maximum atomic E-state index is 12.8. The smallest absolute Gasteiger partial charge is 0.309 e. The highest BCUT2D eigenvalue weighted by atomic mass is 79.9. The zero-order valence-electron chi connectivity index (χ0n) is 9.81. The first-order valence-electron chi connectivity index (χ1n) is 5.31. The number of hydrogen-bond acceptors (Lipinski definition) is 1. The summed E-state index contributed by atoms with van der Waals surface area (Å²) in [6.07, 6.45) is -3.12. The summed E-state index contributed by atoms with van der Waals surface area (Å²) in [5.41, 5.74) is -0.173. The highest BCUT2D eigenvalue weighted by Crippen LogP contribution is 2.34. The lowest BCUT2D eigenvalue weighted by molar-refractivity contribution is -0.138. The van der Waals surface area contributed by atoms with Gasteiger partial charge < -0.3 is 4.90 Å². The van der Waals surface area contributed by atoms with E-state index in [2.05, 4.69) is 15.9 Å². The molecule has 0 fully saturated rings. The Morgan fingerprint density at radius 1 is 1.24 bits per heavy atom. The van der Waals surface area contributed by atoms with Gasteiger partial charge in [0.15, 0.2) is 0 Å². The maximum Gasteiger partial charge on any atom is 0.416 e. The lowest BCUT2D eigenvalue weighted by Crippen LogP contribution is -2.15. The molecule has 5 heteroatoms. The van der Waals surface area contributed by atoms with E-state index in [0.717, 1.165) is 19.0 Å². The molecular formula is C12H15BrF3N. The molecule has 0 heterocycles. The van der Waals surface area contributed by atoms with Gasteiger partial charge in [-0.1, -0.05) is 22.0 Å². The van der Waals surface area contributed by atoms with Crippen molar-refractivity contribution in [2.45, 2.75) is 19.0 Å². The quantitative estimate of drug-likeness (QED) is 0.813. The number of nitrogens with zero attached hydrogens (tertiary/aromatic N) is 1. The fraction of sp³-hybridized carbons (Fsp3) is 0.500. The van der Waals surface area contributed by atoms with Gasteiger partial charge in [0.05, 0.1) is 5.56 Å². The molecule has 0 amide bonds. The van der Waals surface area contributed by atoms with Gasteiger partial charge >= 0.3 is 6.18 Å². The van der Waals surface area contributed by atoms with Crippen LogP contribution in [0.1, 0.15) is 17.5 Å². The predicted octanol–water partition coefficient (Wildman–Crippen LogP) is 3.96. The molecule has 0 aromatic heterocycles. The molecule has 1 aromatic rings. The Labute approximate surface area is 108 Å². The first kappa shape index (κ1) is 14.5. The van der Waals surface area contributed by atoms with Gasteiger partial charge in [0.1, 0.15) is 0 Å². The molecule has 0 N–H and O–H groups in total. The predicted molar refractivity (Wildman–Crippen MR) is 66.0 cm³/mol. The van der Waals surface area contributed by atoms with Gasteiger partial charge in [-0.25, -0.2) is 0 Å². The lowest BCUT2D eigenvalue weighted by atomic mass is 10.0. The van der Waals surface area contributed by atoms with Crippen LogP contribution in [0.4, 0.5) is 13.2 Å². The molecule has 1 aromatic carbocycles. The molecule has 0 aliphatic heterocycles. The summed E-state index contributed by atoms with van der Waals surface area (Å²) in [5.74, 6) is 0. The van der Waals surface area contributed by atoms with Crippen molar-refractivity contribution in [2.75, 3.05) is 20.6 Å². The Balaban J connectivity index is 2.84. The third-order valence-electron chi connectivity index (χ3n) is 2.43. The molecule has 0 saturated heterocycles. The fourth-order valence-corrected chi connectivity index (χ4v) is 1.98. The molecule has 0 unspecified atom stereocenters. The first-order valence-corrected chi connectivity index (χ1v) is 6.10. The van der Waals surface area contributed by atoms with Gasteiger partial charge in [0.25, 0.3) is 0 Å². The summed E-state index contributed by atoms with van der Waals surface area (Å²) in [7, 11) is 3.82. The molecule has 0 spiro atoms. The Hall–Kier alpha value is -0.550. The number of aryl methyl sites for hydroxylation is 1. The molecule has 17 heavy (non-hydrogen) atoms. The number of alkyl halides is 3. The van der Waals surface area contributed by atoms with E-state index in [1.165, 1.54) is 0 Å². The van der Waals surface area contributed by atoms with Crippen molar-refractivity contribution >= 4 is 15.9 Å². The molecule has 0 radical (unpaired) electrons. The van der Waals surface area contributed by atoms with Gasteiger partial charge in [-0.05, 0) is 51.2 Å². The van der Waals surface area contributed by atoms with Gasteiger partial charge in [0.2, 0.25) is 0 Å². The van der Waals surface area contributed by atoms with Crippen LogP contribution in [0.25, 0.3) is 0 Å². The summed E-state index contributed by atoms with van der Waals surface area (Å²) < 4.78 is 38.8. The third kappa shape index (κ3) is 4.68. The zero-order chi connectivity index (χ0) is 13.1. The van der Waals surface area contributed by atoms with Crippen LogP contribution >= 0.6 is 15.9 Å². The van der Waals surface area contributed by atoms with Crippen molar-refractivity contribution in [2.24, 2.45) is 0 Å². The zero-order valence-corrected chi connectivity index (χ0v) is 11.4. The van der Waals surface area contributed by atoms with Crippen LogP contribution in [-0.2, 0) is 12.6 Å². The highest BCUT2D eigenvalue weighted by Gasteiger charge is 2.33. The molecule has 0 atom stereocenters. The monoisotopic (exact) mass is 309 g/mol. The molecule has 1 nitrogen and oxygen atoms in total. The van der Waals surface area contributed by atoms with Crippen LogP contribution in [0.15, 0.2) is 22.7 Å². The van der Waals surface area contributed by atoms with E-state index in [1.807, 2.05) is 19.0 Å². The Kier molecular flexibility index (Phi) is 5.01. The topological polar surface area (TPSA) is 3.24 Å². The molecule has 1 rings (SSSR count). The normalized spacial score (nSPS) is 12.2. The van der Waals surface area contributed by atoms with Gasteiger partial charge in [-0.3, -0.25) is 0 Å². The average Bonchev–Trinajstić information content (AvgIpc) is 2.18. The second-order valence-corrected chi connectivity index (χ2v) is 5.12.